The molecule has 2 heterocycles. The van der Waals surface area contributed by atoms with Crippen LogP contribution < -0.4 is 10.9 Å². The maximum absolute atomic E-state index is 11.9. The fraction of sp³-hybridized carbons (Fsp3) is 0.412. The third-order valence-electron chi connectivity index (χ3n) is 4.13. The first kappa shape index (κ1) is 14.8. The first-order chi connectivity index (χ1) is 10.8. The Morgan fingerprint density at radius 2 is 2.05 bits per heavy atom. The summed E-state index contributed by atoms with van der Waals surface area (Å²) in [5.41, 5.74) is 3.97. The first-order valence-corrected chi connectivity index (χ1v) is 7.88. The monoisotopic (exact) mass is 298 g/mol. The van der Waals surface area contributed by atoms with Gasteiger partial charge in [0.15, 0.2) is 0 Å². The number of benzene rings is 1. The number of rotatable bonds is 5. The number of aromatic amines is 1. The highest BCUT2D eigenvalue weighted by Gasteiger charge is 2.19. The summed E-state index contributed by atoms with van der Waals surface area (Å²) in [6, 6.07) is 10.4. The topological polar surface area (TPSA) is 61.0 Å². The van der Waals surface area contributed by atoms with Crippen LogP contribution >= 0.6 is 0 Å². The normalized spacial score (nSPS) is 13.7. The predicted molar refractivity (Wildman–Crippen MR) is 87.9 cm³/mol. The SMILES string of the molecule is CCN(Cc1ccccc1)Cc1n[nH]c(=O)c2c1NCCC2. The van der Waals surface area contributed by atoms with E-state index >= 15 is 0 Å². The summed E-state index contributed by atoms with van der Waals surface area (Å²) in [5.74, 6) is 0. The molecule has 1 aromatic carbocycles. The van der Waals surface area contributed by atoms with Crippen LogP contribution in [0, 0.1) is 0 Å². The molecule has 0 amide bonds. The second-order valence-electron chi connectivity index (χ2n) is 5.67. The summed E-state index contributed by atoms with van der Waals surface area (Å²) in [7, 11) is 0. The van der Waals surface area contributed by atoms with Crippen molar-refractivity contribution < 1.29 is 0 Å². The summed E-state index contributed by atoms with van der Waals surface area (Å²) >= 11 is 0. The first-order valence-electron chi connectivity index (χ1n) is 7.88. The van der Waals surface area contributed by atoms with Gasteiger partial charge in [0.25, 0.3) is 5.56 Å². The molecule has 0 unspecified atom stereocenters. The summed E-state index contributed by atoms with van der Waals surface area (Å²) in [4.78, 5) is 14.2. The van der Waals surface area contributed by atoms with Crippen LogP contribution in [-0.4, -0.2) is 28.2 Å². The van der Waals surface area contributed by atoms with Gasteiger partial charge in [-0.05, 0) is 24.9 Å². The fourth-order valence-corrected chi connectivity index (χ4v) is 2.90. The average molecular weight is 298 g/mol. The van der Waals surface area contributed by atoms with Crippen molar-refractivity contribution >= 4 is 5.69 Å². The van der Waals surface area contributed by atoms with Gasteiger partial charge in [0, 0.05) is 25.2 Å². The standard InChI is InChI=1S/C17H22N4O/c1-2-21(11-13-7-4-3-5-8-13)12-15-16-14(9-6-10-18-16)17(22)20-19-15/h3-5,7-8,18H,2,6,9-12H2,1H3,(H,20,22). The minimum absolute atomic E-state index is 0.0583. The summed E-state index contributed by atoms with van der Waals surface area (Å²) < 4.78 is 0. The van der Waals surface area contributed by atoms with E-state index in [1.807, 2.05) is 6.07 Å². The molecule has 0 spiro atoms. The van der Waals surface area contributed by atoms with Gasteiger partial charge < -0.3 is 5.32 Å². The molecule has 0 saturated heterocycles. The second-order valence-corrected chi connectivity index (χ2v) is 5.67. The molecule has 1 aromatic heterocycles. The van der Waals surface area contributed by atoms with Crippen molar-refractivity contribution in [3.05, 3.63) is 57.5 Å². The summed E-state index contributed by atoms with van der Waals surface area (Å²) in [6.07, 6.45) is 1.83. The van der Waals surface area contributed by atoms with Crippen molar-refractivity contribution in [2.24, 2.45) is 0 Å². The number of fused-ring (bicyclic) bond motifs is 1. The van der Waals surface area contributed by atoms with Gasteiger partial charge in [-0.2, -0.15) is 5.10 Å². The molecule has 5 nitrogen and oxygen atoms in total. The number of nitrogens with zero attached hydrogens (tertiary/aromatic N) is 2. The molecule has 5 heteroatoms. The van der Waals surface area contributed by atoms with Crippen molar-refractivity contribution in [3.8, 4) is 0 Å². The van der Waals surface area contributed by atoms with Crippen molar-refractivity contribution in [2.75, 3.05) is 18.4 Å². The Kier molecular flexibility index (Phi) is 4.53. The van der Waals surface area contributed by atoms with Gasteiger partial charge in [0.2, 0.25) is 0 Å². The Morgan fingerprint density at radius 1 is 1.23 bits per heavy atom. The lowest BCUT2D eigenvalue weighted by Crippen LogP contribution is -2.29. The molecule has 0 radical (unpaired) electrons. The zero-order valence-electron chi connectivity index (χ0n) is 12.9. The Hall–Kier alpha value is -2.14. The second kappa shape index (κ2) is 6.75. The fourth-order valence-electron chi connectivity index (χ4n) is 2.90. The maximum atomic E-state index is 11.9. The molecule has 2 aromatic rings. The van der Waals surface area contributed by atoms with E-state index in [0.717, 1.165) is 56.0 Å². The molecule has 116 valence electrons. The van der Waals surface area contributed by atoms with Crippen LogP contribution in [0.15, 0.2) is 35.1 Å². The van der Waals surface area contributed by atoms with Gasteiger partial charge in [-0.25, -0.2) is 5.10 Å². The van der Waals surface area contributed by atoms with E-state index in [1.165, 1.54) is 5.56 Å². The number of H-pyrrole nitrogens is 1. The zero-order valence-corrected chi connectivity index (χ0v) is 12.9. The highest BCUT2D eigenvalue weighted by Crippen LogP contribution is 2.22. The van der Waals surface area contributed by atoms with Crippen LogP contribution in [0.3, 0.4) is 0 Å². The highest BCUT2D eigenvalue weighted by molar-refractivity contribution is 5.55. The minimum Gasteiger partial charge on any atom is -0.383 e. The number of hydrogen-bond acceptors (Lipinski definition) is 4. The van der Waals surface area contributed by atoms with Crippen LogP contribution in [0.2, 0.25) is 0 Å². The van der Waals surface area contributed by atoms with E-state index in [9.17, 15) is 4.79 Å². The van der Waals surface area contributed by atoms with E-state index in [-0.39, 0.29) is 5.56 Å². The van der Waals surface area contributed by atoms with Crippen LogP contribution in [-0.2, 0) is 19.5 Å². The molecule has 3 rings (SSSR count). The van der Waals surface area contributed by atoms with Crippen LogP contribution in [0.1, 0.15) is 30.2 Å². The van der Waals surface area contributed by atoms with Gasteiger partial charge in [-0.3, -0.25) is 9.69 Å². The number of anilines is 1. The smallest absolute Gasteiger partial charge is 0.269 e. The van der Waals surface area contributed by atoms with Gasteiger partial charge in [-0.1, -0.05) is 37.3 Å². The third kappa shape index (κ3) is 3.20. The quantitative estimate of drug-likeness (QED) is 0.888. The molecular formula is C17H22N4O. The molecule has 1 aliphatic heterocycles. The number of hydrogen-bond donors (Lipinski definition) is 2. The summed E-state index contributed by atoms with van der Waals surface area (Å²) in [5, 5.41) is 10.3. The Balaban J connectivity index is 1.81. The molecule has 0 aliphatic carbocycles. The highest BCUT2D eigenvalue weighted by atomic mass is 16.1. The van der Waals surface area contributed by atoms with Crippen molar-refractivity contribution in [1.29, 1.82) is 0 Å². The van der Waals surface area contributed by atoms with Crippen molar-refractivity contribution in [1.82, 2.24) is 15.1 Å². The predicted octanol–water partition coefficient (Wildman–Crippen LogP) is 2.15. The van der Waals surface area contributed by atoms with Crippen LogP contribution in [0.5, 0.6) is 0 Å². The van der Waals surface area contributed by atoms with Crippen molar-refractivity contribution in [3.63, 3.8) is 0 Å². The molecule has 0 atom stereocenters. The molecule has 0 fully saturated rings. The lowest BCUT2D eigenvalue weighted by atomic mass is 10.0. The zero-order chi connectivity index (χ0) is 15.4. The third-order valence-corrected chi connectivity index (χ3v) is 4.13. The van der Waals surface area contributed by atoms with Gasteiger partial charge in [-0.15, -0.1) is 0 Å². The van der Waals surface area contributed by atoms with E-state index < -0.39 is 0 Å². The van der Waals surface area contributed by atoms with E-state index in [0.29, 0.717) is 0 Å². The van der Waals surface area contributed by atoms with Crippen LogP contribution in [0.25, 0.3) is 0 Å². The van der Waals surface area contributed by atoms with E-state index in [1.54, 1.807) is 0 Å². The Bertz CT molecular complexity index is 681. The molecule has 1 aliphatic rings. The lowest BCUT2D eigenvalue weighted by Gasteiger charge is -2.24. The Labute approximate surface area is 130 Å². The van der Waals surface area contributed by atoms with Gasteiger partial charge in [0.1, 0.15) is 0 Å². The van der Waals surface area contributed by atoms with Gasteiger partial charge >= 0.3 is 0 Å². The molecular weight excluding hydrogens is 276 g/mol. The molecule has 0 bridgehead atoms. The molecule has 22 heavy (non-hydrogen) atoms. The van der Waals surface area contributed by atoms with Crippen LogP contribution in [0.4, 0.5) is 5.69 Å². The lowest BCUT2D eigenvalue weighted by molar-refractivity contribution is 0.267. The van der Waals surface area contributed by atoms with Crippen molar-refractivity contribution in [2.45, 2.75) is 32.9 Å². The number of nitrogens with one attached hydrogen (secondary N) is 2. The van der Waals surface area contributed by atoms with Gasteiger partial charge in [0.05, 0.1) is 11.4 Å². The molecule has 2 N–H and O–H groups in total. The number of aromatic nitrogens is 2. The Morgan fingerprint density at radius 3 is 2.82 bits per heavy atom. The molecule has 0 saturated carbocycles. The largest absolute Gasteiger partial charge is 0.383 e. The average Bonchev–Trinajstić information content (AvgIpc) is 2.58. The minimum atomic E-state index is -0.0583. The van der Waals surface area contributed by atoms with E-state index in [4.69, 9.17) is 0 Å². The summed E-state index contributed by atoms with van der Waals surface area (Å²) in [6.45, 7) is 5.61. The maximum Gasteiger partial charge on any atom is 0.269 e. The van der Waals surface area contributed by atoms with E-state index in [2.05, 4.69) is 51.6 Å².